The van der Waals surface area contributed by atoms with E-state index in [9.17, 15) is 23.3 Å². The van der Waals surface area contributed by atoms with Gasteiger partial charge in [-0.2, -0.15) is 0 Å². The largest absolute Gasteiger partial charge is 0.497 e. The number of carbonyl (C=O) groups excluding carboxylic acids is 1. The molecule has 2 aromatic carbocycles. The third kappa shape index (κ3) is 5.32. The Morgan fingerprint density at radius 3 is 2.38 bits per heavy atom. The summed E-state index contributed by atoms with van der Waals surface area (Å²) in [4.78, 5) is 25.9. The van der Waals surface area contributed by atoms with Crippen LogP contribution in [0.4, 0.5) is 5.69 Å². The van der Waals surface area contributed by atoms with Gasteiger partial charge in [0.25, 0.3) is 11.6 Å². The molecule has 2 aromatic rings. The number of hydrogen-bond acceptors (Lipinski definition) is 7. The number of carbonyl (C=O) groups is 1. The van der Waals surface area contributed by atoms with Crippen LogP contribution in [-0.2, 0) is 14.6 Å². The van der Waals surface area contributed by atoms with Crippen LogP contribution in [0.5, 0.6) is 11.5 Å². The molecule has 1 heterocycles. The molecule has 2 fully saturated rings. The quantitative estimate of drug-likeness (QED) is 0.412. The Morgan fingerprint density at radius 1 is 1.09 bits per heavy atom. The van der Waals surface area contributed by atoms with Gasteiger partial charge in [-0.05, 0) is 43.0 Å². The molecule has 0 radical (unpaired) electrons. The first-order chi connectivity index (χ1) is 16.3. The lowest BCUT2D eigenvalue weighted by Crippen LogP contribution is -2.48. The second-order valence-electron chi connectivity index (χ2n) is 8.75. The van der Waals surface area contributed by atoms with Gasteiger partial charge in [-0.15, -0.1) is 0 Å². The second kappa shape index (κ2) is 10.0. The number of amides is 1. The summed E-state index contributed by atoms with van der Waals surface area (Å²) in [5.74, 6) is 0.816. The Balaban J connectivity index is 1.57. The Labute approximate surface area is 198 Å². The molecule has 4 rings (SSSR count). The minimum Gasteiger partial charge on any atom is -0.497 e. The van der Waals surface area contributed by atoms with E-state index in [4.69, 9.17) is 9.47 Å². The zero-order valence-corrected chi connectivity index (χ0v) is 19.8. The number of rotatable bonds is 8. The summed E-state index contributed by atoms with van der Waals surface area (Å²) >= 11 is 0. The fourth-order valence-corrected chi connectivity index (χ4v) is 6.56. The Kier molecular flexibility index (Phi) is 7.06. The van der Waals surface area contributed by atoms with Crippen LogP contribution < -0.4 is 9.47 Å². The van der Waals surface area contributed by atoms with E-state index >= 15 is 0 Å². The Bertz CT molecular complexity index is 1160. The fraction of sp³-hybridized carbons (Fsp3) is 0.458. The van der Waals surface area contributed by atoms with E-state index in [1.165, 1.54) is 18.2 Å². The normalized spacial score (nSPS) is 19.6. The molecule has 1 aliphatic carbocycles. The van der Waals surface area contributed by atoms with Crippen molar-refractivity contribution in [3.05, 3.63) is 52.6 Å². The van der Waals surface area contributed by atoms with E-state index < -0.39 is 14.8 Å². The number of methoxy groups -OCH3 is 1. The van der Waals surface area contributed by atoms with Crippen LogP contribution >= 0.6 is 0 Å². The molecule has 0 spiro atoms. The van der Waals surface area contributed by atoms with E-state index in [2.05, 4.69) is 0 Å². The fourth-order valence-electron chi connectivity index (χ4n) is 4.85. The summed E-state index contributed by atoms with van der Waals surface area (Å²) in [5, 5.41) is 11.3. The van der Waals surface area contributed by atoms with Gasteiger partial charge in [-0.3, -0.25) is 14.9 Å². The zero-order valence-electron chi connectivity index (χ0n) is 19.0. The lowest BCUT2D eigenvalue weighted by atomic mass is 10.0. The van der Waals surface area contributed by atoms with Gasteiger partial charge >= 0.3 is 0 Å². The van der Waals surface area contributed by atoms with Crippen LogP contribution in [0.15, 0.2) is 42.5 Å². The summed E-state index contributed by atoms with van der Waals surface area (Å²) in [5.41, 5.74) is 1.08. The maximum atomic E-state index is 13.3. The van der Waals surface area contributed by atoms with Crippen LogP contribution in [-0.4, -0.2) is 61.5 Å². The molecule has 1 atom stereocenters. The van der Waals surface area contributed by atoms with Crippen molar-refractivity contribution >= 4 is 21.4 Å². The standard InChI is InChI=1S/C24H28N2O7S/c1-32-21-9-6-17(7-10-21)22-14-19(26(28)29)8-11-23(22)33-15-24(27)25(18-4-2-3-5-18)20-12-13-34(30,31)16-20/h6-11,14,18,20H,2-5,12-13,15-16H2,1H3. The van der Waals surface area contributed by atoms with Crippen LogP contribution in [0.1, 0.15) is 32.1 Å². The molecular formula is C24H28N2O7S. The smallest absolute Gasteiger partial charge is 0.270 e. The van der Waals surface area contributed by atoms with Gasteiger partial charge in [0.05, 0.1) is 23.5 Å². The summed E-state index contributed by atoms with van der Waals surface area (Å²) in [7, 11) is -1.59. The predicted octanol–water partition coefficient (Wildman–Crippen LogP) is 3.61. The third-order valence-electron chi connectivity index (χ3n) is 6.53. The Morgan fingerprint density at radius 2 is 1.79 bits per heavy atom. The zero-order chi connectivity index (χ0) is 24.3. The van der Waals surface area contributed by atoms with Crippen LogP contribution in [0.3, 0.4) is 0 Å². The van der Waals surface area contributed by atoms with Gasteiger partial charge in [0.2, 0.25) is 0 Å². The van der Waals surface area contributed by atoms with E-state index in [1.807, 2.05) is 0 Å². The first kappa shape index (κ1) is 24.0. The third-order valence-corrected chi connectivity index (χ3v) is 8.28. The number of non-ortho nitro benzene ring substituents is 1. The van der Waals surface area contributed by atoms with Crippen molar-refractivity contribution in [3.8, 4) is 22.6 Å². The number of nitro benzene ring substituents is 1. The van der Waals surface area contributed by atoms with Crippen molar-refractivity contribution in [3.63, 3.8) is 0 Å². The second-order valence-corrected chi connectivity index (χ2v) is 11.0. The van der Waals surface area contributed by atoms with Crippen molar-refractivity contribution in [2.75, 3.05) is 25.2 Å². The average molecular weight is 489 g/mol. The molecule has 0 N–H and O–H groups in total. The van der Waals surface area contributed by atoms with Crippen molar-refractivity contribution in [2.45, 2.75) is 44.2 Å². The number of nitro groups is 1. The van der Waals surface area contributed by atoms with E-state index in [0.717, 1.165) is 25.7 Å². The number of hydrogen-bond donors (Lipinski definition) is 0. The SMILES string of the molecule is COc1ccc(-c2cc([N+](=O)[O-])ccc2OCC(=O)N(C2CCCC2)C2CCS(=O)(=O)C2)cc1. The number of ether oxygens (including phenoxy) is 2. The first-order valence-corrected chi connectivity index (χ1v) is 13.2. The van der Waals surface area contributed by atoms with Crippen LogP contribution in [0.2, 0.25) is 0 Å². The molecule has 2 aliphatic rings. The first-order valence-electron chi connectivity index (χ1n) is 11.3. The van der Waals surface area contributed by atoms with Gasteiger partial charge in [0, 0.05) is 29.8 Å². The highest BCUT2D eigenvalue weighted by atomic mass is 32.2. The molecule has 1 amide bonds. The monoisotopic (exact) mass is 488 g/mol. The van der Waals surface area contributed by atoms with Crippen molar-refractivity contribution in [1.29, 1.82) is 0 Å². The summed E-state index contributed by atoms with van der Waals surface area (Å²) in [6.07, 6.45) is 4.19. The number of sulfone groups is 1. The summed E-state index contributed by atoms with van der Waals surface area (Å²) in [6, 6.07) is 10.9. The van der Waals surface area contributed by atoms with Crippen molar-refractivity contribution in [2.24, 2.45) is 0 Å². The highest BCUT2D eigenvalue weighted by Gasteiger charge is 2.39. The van der Waals surface area contributed by atoms with Gasteiger partial charge in [0.1, 0.15) is 11.5 Å². The highest BCUT2D eigenvalue weighted by molar-refractivity contribution is 7.91. The van der Waals surface area contributed by atoms with Gasteiger partial charge in [-0.25, -0.2) is 8.42 Å². The molecule has 34 heavy (non-hydrogen) atoms. The predicted molar refractivity (Wildman–Crippen MR) is 127 cm³/mol. The minimum atomic E-state index is -3.14. The maximum absolute atomic E-state index is 13.3. The van der Waals surface area contributed by atoms with Gasteiger partial charge < -0.3 is 14.4 Å². The minimum absolute atomic E-state index is 0.0100. The van der Waals surface area contributed by atoms with E-state index in [0.29, 0.717) is 29.0 Å². The molecule has 1 saturated carbocycles. The van der Waals surface area contributed by atoms with Gasteiger partial charge in [0.15, 0.2) is 16.4 Å². The lowest BCUT2D eigenvalue weighted by Gasteiger charge is -2.34. The number of nitrogens with zero attached hydrogens (tertiary/aromatic N) is 2. The van der Waals surface area contributed by atoms with Crippen LogP contribution in [0, 0.1) is 10.1 Å². The molecular weight excluding hydrogens is 460 g/mol. The van der Waals surface area contributed by atoms with Crippen molar-refractivity contribution < 1.29 is 27.6 Å². The molecule has 1 saturated heterocycles. The van der Waals surface area contributed by atoms with Gasteiger partial charge in [-0.1, -0.05) is 25.0 Å². The molecule has 0 bridgehead atoms. The Hall–Kier alpha value is -3.14. The topological polar surface area (TPSA) is 116 Å². The molecule has 10 heteroatoms. The highest BCUT2D eigenvalue weighted by Crippen LogP contribution is 2.35. The van der Waals surface area contributed by atoms with Crippen LogP contribution in [0.25, 0.3) is 11.1 Å². The molecule has 1 aliphatic heterocycles. The summed E-state index contributed by atoms with van der Waals surface area (Å²) in [6.45, 7) is -0.270. The number of benzene rings is 2. The van der Waals surface area contributed by atoms with E-state index in [1.54, 1.807) is 36.3 Å². The lowest BCUT2D eigenvalue weighted by molar-refractivity contribution is -0.384. The van der Waals surface area contributed by atoms with Crippen molar-refractivity contribution in [1.82, 2.24) is 4.90 Å². The maximum Gasteiger partial charge on any atom is 0.270 e. The van der Waals surface area contributed by atoms with E-state index in [-0.39, 0.29) is 41.8 Å². The molecule has 0 aromatic heterocycles. The summed E-state index contributed by atoms with van der Waals surface area (Å²) < 4.78 is 35.2. The molecule has 182 valence electrons. The molecule has 1 unspecified atom stereocenters. The average Bonchev–Trinajstić information content (AvgIpc) is 3.47. The molecule has 9 nitrogen and oxygen atoms in total.